The van der Waals surface area contributed by atoms with E-state index in [1.807, 2.05) is 11.7 Å². The number of hydrogen-bond donors (Lipinski definition) is 1. The summed E-state index contributed by atoms with van der Waals surface area (Å²) in [5.41, 5.74) is 2.61. The maximum absolute atomic E-state index is 4.34. The van der Waals surface area contributed by atoms with Crippen LogP contribution < -0.4 is 5.32 Å². The summed E-state index contributed by atoms with van der Waals surface area (Å²) < 4.78 is 2.96. The summed E-state index contributed by atoms with van der Waals surface area (Å²) in [6.45, 7) is 5.33. The normalized spacial score (nSPS) is 12.6. The van der Waals surface area contributed by atoms with E-state index in [2.05, 4.69) is 63.4 Å². The molecule has 1 heterocycles. The molecule has 1 N–H and O–H groups in total. The van der Waals surface area contributed by atoms with Crippen LogP contribution in [-0.2, 0) is 13.5 Å². The van der Waals surface area contributed by atoms with Crippen LogP contribution in [0, 0.1) is 6.92 Å². The quantitative estimate of drug-likeness (QED) is 0.880. The van der Waals surface area contributed by atoms with Crippen LogP contribution in [0.15, 0.2) is 29.0 Å². The Kier molecular flexibility index (Phi) is 5.31. The number of nitrogens with one attached hydrogen (secondary N) is 1. The molecule has 1 aromatic heterocycles. The van der Waals surface area contributed by atoms with Gasteiger partial charge in [-0.25, -0.2) is 4.98 Å². The van der Waals surface area contributed by atoms with E-state index in [0.717, 1.165) is 29.7 Å². The molecule has 5 heteroatoms. The third-order valence-electron chi connectivity index (χ3n) is 3.44. The third-order valence-corrected chi connectivity index (χ3v) is 3.93. The lowest BCUT2D eigenvalue weighted by atomic mass is 9.98. The molecular formula is C15H21BrN4. The molecule has 1 aromatic carbocycles. The maximum Gasteiger partial charge on any atom is 0.138 e. The Morgan fingerprint density at radius 1 is 1.40 bits per heavy atom. The van der Waals surface area contributed by atoms with Gasteiger partial charge in [0.2, 0.25) is 0 Å². The van der Waals surface area contributed by atoms with Gasteiger partial charge in [0.25, 0.3) is 0 Å². The highest BCUT2D eigenvalue weighted by Gasteiger charge is 2.16. The van der Waals surface area contributed by atoms with E-state index in [0.29, 0.717) is 0 Å². The van der Waals surface area contributed by atoms with E-state index >= 15 is 0 Å². The number of benzene rings is 1. The second-order valence-electron chi connectivity index (χ2n) is 5.01. The molecule has 0 amide bonds. The standard InChI is InChI=1S/C15H21BrN4/c1-4-7-17-14(9-15-18-10-19-20(15)3)13-6-5-12(16)8-11(13)2/h5-6,8,10,14,17H,4,7,9H2,1-3H3. The van der Waals surface area contributed by atoms with Crippen molar-refractivity contribution in [2.24, 2.45) is 7.05 Å². The minimum atomic E-state index is 0.269. The van der Waals surface area contributed by atoms with Gasteiger partial charge < -0.3 is 5.32 Å². The van der Waals surface area contributed by atoms with Gasteiger partial charge in [-0.15, -0.1) is 0 Å². The molecule has 108 valence electrons. The van der Waals surface area contributed by atoms with E-state index in [1.165, 1.54) is 11.1 Å². The van der Waals surface area contributed by atoms with E-state index < -0.39 is 0 Å². The predicted molar refractivity (Wildman–Crippen MR) is 84.6 cm³/mol. The Labute approximate surface area is 128 Å². The second-order valence-corrected chi connectivity index (χ2v) is 5.93. The van der Waals surface area contributed by atoms with Crippen LogP contribution in [0.2, 0.25) is 0 Å². The third kappa shape index (κ3) is 3.67. The zero-order valence-electron chi connectivity index (χ0n) is 12.2. The van der Waals surface area contributed by atoms with Crippen LogP contribution in [-0.4, -0.2) is 21.3 Å². The van der Waals surface area contributed by atoms with Crippen LogP contribution in [0.5, 0.6) is 0 Å². The Balaban J connectivity index is 2.24. The van der Waals surface area contributed by atoms with Crippen LogP contribution in [0.4, 0.5) is 0 Å². The van der Waals surface area contributed by atoms with Gasteiger partial charge in [-0.2, -0.15) is 5.10 Å². The zero-order chi connectivity index (χ0) is 14.5. The summed E-state index contributed by atoms with van der Waals surface area (Å²) >= 11 is 3.52. The van der Waals surface area contributed by atoms with Crippen LogP contribution in [0.1, 0.15) is 36.3 Å². The molecule has 4 nitrogen and oxygen atoms in total. The monoisotopic (exact) mass is 336 g/mol. The summed E-state index contributed by atoms with van der Waals surface area (Å²) in [6.07, 6.45) is 3.57. The molecule has 1 atom stereocenters. The molecule has 2 rings (SSSR count). The molecule has 0 spiro atoms. The van der Waals surface area contributed by atoms with E-state index in [-0.39, 0.29) is 6.04 Å². The first-order valence-corrected chi connectivity index (χ1v) is 7.73. The number of rotatable bonds is 6. The molecular weight excluding hydrogens is 316 g/mol. The fourth-order valence-corrected chi connectivity index (χ4v) is 2.80. The van der Waals surface area contributed by atoms with Crippen molar-refractivity contribution in [1.29, 1.82) is 0 Å². The lowest BCUT2D eigenvalue weighted by Gasteiger charge is -2.20. The smallest absolute Gasteiger partial charge is 0.138 e. The van der Waals surface area contributed by atoms with Crippen molar-refractivity contribution in [3.63, 3.8) is 0 Å². The number of aromatic nitrogens is 3. The van der Waals surface area contributed by atoms with Crippen molar-refractivity contribution >= 4 is 15.9 Å². The largest absolute Gasteiger partial charge is 0.310 e. The first kappa shape index (κ1) is 15.2. The first-order valence-electron chi connectivity index (χ1n) is 6.94. The topological polar surface area (TPSA) is 42.7 Å². The van der Waals surface area contributed by atoms with Crippen molar-refractivity contribution in [3.8, 4) is 0 Å². The van der Waals surface area contributed by atoms with Gasteiger partial charge in [-0.3, -0.25) is 4.68 Å². The average Bonchev–Trinajstić information content (AvgIpc) is 2.80. The number of hydrogen-bond acceptors (Lipinski definition) is 3. The molecule has 20 heavy (non-hydrogen) atoms. The fourth-order valence-electron chi connectivity index (χ4n) is 2.33. The van der Waals surface area contributed by atoms with E-state index in [9.17, 15) is 0 Å². The van der Waals surface area contributed by atoms with E-state index in [1.54, 1.807) is 6.33 Å². The molecule has 2 aromatic rings. The van der Waals surface area contributed by atoms with Crippen LogP contribution >= 0.6 is 15.9 Å². The summed E-state index contributed by atoms with van der Waals surface area (Å²) in [6, 6.07) is 6.71. The SMILES string of the molecule is CCCNC(Cc1ncnn1C)c1ccc(Br)cc1C. The highest BCUT2D eigenvalue weighted by Crippen LogP contribution is 2.24. The molecule has 0 saturated heterocycles. The highest BCUT2D eigenvalue weighted by molar-refractivity contribution is 9.10. The van der Waals surface area contributed by atoms with Gasteiger partial charge in [-0.1, -0.05) is 28.9 Å². The number of halogens is 1. The predicted octanol–water partition coefficient (Wildman–Crippen LogP) is 3.17. The lowest BCUT2D eigenvalue weighted by molar-refractivity contribution is 0.504. The van der Waals surface area contributed by atoms with Gasteiger partial charge in [0.15, 0.2) is 0 Å². The van der Waals surface area contributed by atoms with Crippen molar-refractivity contribution in [3.05, 3.63) is 46.0 Å². The minimum Gasteiger partial charge on any atom is -0.310 e. The second kappa shape index (κ2) is 6.99. The summed E-state index contributed by atoms with van der Waals surface area (Å²) in [4.78, 5) is 4.34. The van der Waals surface area contributed by atoms with Gasteiger partial charge in [0.05, 0.1) is 0 Å². The number of aryl methyl sites for hydroxylation is 2. The van der Waals surface area contributed by atoms with Gasteiger partial charge in [-0.05, 0) is 43.1 Å². The molecule has 0 aliphatic heterocycles. The van der Waals surface area contributed by atoms with E-state index in [4.69, 9.17) is 0 Å². The van der Waals surface area contributed by atoms with Crippen LogP contribution in [0.25, 0.3) is 0 Å². The molecule has 0 radical (unpaired) electrons. The van der Waals surface area contributed by atoms with Gasteiger partial charge in [0.1, 0.15) is 12.2 Å². The van der Waals surface area contributed by atoms with Crippen molar-refractivity contribution in [2.45, 2.75) is 32.7 Å². The fraction of sp³-hybridized carbons (Fsp3) is 0.467. The number of nitrogens with zero attached hydrogens (tertiary/aromatic N) is 3. The van der Waals surface area contributed by atoms with Gasteiger partial charge in [0, 0.05) is 24.0 Å². The van der Waals surface area contributed by atoms with Crippen LogP contribution in [0.3, 0.4) is 0 Å². The van der Waals surface area contributed by atoms with Crippen molar-refractivity contribution in [1.82, 2.24) is 20.1 Å². The summed E-state index contributed by atoms with van der Waals surface area (Å²) in [5.74, 6) is 1.00. The Bertz CT molecular complexity index is 565. The Morgan fingerprint density at radius 3 is 2.80 bits per heavy atom. The Hall–Kier alpha value is -1.20. The summed E-state index contributed by atoms with van der Waals surface area (Å²) in [5, 5.41) is 7.77. The van der Waals surface area contributed by atoms with Crippen molar-refractivity contribution in [2.75, 3.05) is 6.54 Å². The highest BCUT2D eigenvalue weighted by atomic mass is 79.9. The maximum atomic E-state index is 4.34. The molecule has 0 aliphatic carbocycles. The molecule has 0 aliphatic rings. The average molecular weight is 337 g/mol. The molecule has 0 bridgehead atoms. The first-order chi connectivity index (χ1) is 9.61. The Morgan fingerprint density at radius 2 is 2.20 bits per heavy atom. The van der Waals surface area contributed by atoms with Gasteiger partial charge >= 0.3 is 0 Å². The molecule has 1 unspecified atom stereocenters. The minimum absolute atomic E-state index is 0.269. The summed E-state index contributed by atoms with van der Waals surface area (Å²) in [7, 11) is 1.94. The lowest BCUT2D eigenvalue weighted by Crippen LogP contribution is -2.26. The molecule has 0 fully saturated rings. The van der Waals surface area contributed by atoms with Crippen molar-refractivity contribution < 1.29 is 0 Å². The molecule has 0 saturated carbocycles. The zero-order valence-corrected chi connectivity index (χ0v) is 13.8.